The van der Waals surface area contributed by atoms with Crippen molar-refractivity contribution >= 4 is 58.0 Å². The maximum atomic E-state index is 12.4. The molecule has 0 aliphatic rings. The van der Waals surface area contributed by atoms with E-state index in [4.69, 9.17) is 46.4 Å². The normalized spacial score (nSPS) is 10.8. The Morgan fingerprint density at radius 3 is 1.93 bits per heavy atom. The molecule has 0 saturated heterocycles. The maximum absolute atomic E-state index is 12.4. The minimum atomic E-state index is -0.118. The SMILES string of the molecule is O=C(Cn1cc[n+](CC(=O)c2ccc(Cl)c(Cl)c2)c1)c1ccc(Cl)c(Cl)c1. The summed E-state index contributed by atoms with van der Waals surface area (Å²) < 4.78 is 3.37. The zero-order valence-corrected chi connectivity index (χ0v) is 16.9. The van der Waals surface area contributed by atoms with E-state index in [0.717, 1.165) is 0 Å². The molecule has 2 aromatic carbocycles. The van der Waals surface area contributed by atoms with E-state index in [2.05, 4.69) is 0 Å². The average molecular weight is 443 g/mol. The summed E-state index contributed by atoms with van der Waals surface area (Å²) in [6.45, 7) is 0.234. The van der Waals surface area contributed by atoms with Crippen molar-refractivity contribution in [2.45, 2.75) is 13.1 Å². The van der Waals surface area contributed by atoms with Crippen LogP contribution in [-0.4, -0.2) is 16.1 Å². The first-order chi connectivity index (χ1) is 12.8. The van der Waals surface area contributed by atoms with Crippen LogP contribution in [0.4, 0.5) is 0 Å². The minimum Gasteiger partial charge on any atom is -0.290 e. The number of carbonyl (C=O) groups excluding carboxylic acids is 2. The van der Waals surface area contributed by atoms with E-state index in [-0.39, 0.29) is 24.7 Å². The van der Waals surface area contributed by atoms with Gasteiger partial charge in [0.2, 0.25) is 17.9 Å². The third kappa shape index (κ3) is 4.90. The molecule has 0 radical (unpaired) electrons. The molecule has 8 heteroatoms. The largest absolute Gasteiger partial charge is 0.290 e. The Morgan fingerprint density at radius 1 is 0.815 bits per heavy atom. The molecule has 0 fully saturated rings. The predicted octanol–water partition coefficient (Wildman–Crippen LogP) is 5.16. The highest BCUT2D eigenvalue weighted by molar-refractivity contribution is 6.42. The van der Waals surface area contributed by atoms with Crippen molar-refractivity contribution in [3.8, 4) is 0 Å². The summed E-state index contributed by atoms with van der Waals surface area (Å²) in [5.41, 5.74) is 0.938. The lowest BCUT2D eigenvalue weighted by Gasteiger charge is -2.02. The number of ketones is 2. The van der Waals surface area contributed by atoms with E-state index in [1.54, 1.807) is 52.1 Å². The van der Waals surface area contributed by atoms with Gasteiger partial charge in [0.1, 0.15) is 12.4 Å². The van der Waals surface area contributed by atoms with Gasteiger partial charge in [-0.25, -0.2) is 9.13 Å². The second kappa shape index (κ2) is 8.44. The van der Waals surface area contributed by atoms with Crippen LogP contribution in [0.3, 0.4) is 0 Å². The van der Waals surface area contributed by atoms with Gasteiger partial charge in [-0.2, -0.15) is 0 Å². The number of hydrogen-bond donors (Lipinski definition) is 0. The van der Waals surface area contributed by atoms with Crippen molar-refractivity contribution in [3.05, 3.63) is 86.3 Å². The fraction of sp³-hybridized carbons (Fsp3) is 0.105. The Morgan fingerprint density at radius 2 is 1.37 bits per heavy atom. The van der Waals surface area contributed by atoms with Crippen molar-refractivity contribution in [2.24, 2.45) is 0 Å². The monoisotopic (exact) mass is 441 g/mol. The van der Waals surface area contributed by atoms with Crippen LogP contribution < -0.4 is 4.57 Å². The Hall–Kier alpha value is -1.85. The molecular formula is C19H13Cl4N2O2+. The summed E-state index contributed by atoms with van der Waals surface area (Å²) in [7, 11) is 0. The molecule has 3 rings (SSSR count). The first kappa shape index (κ1) is 19.9. The van der Waals surface area contributed by atoms with Gasteiger partial charge in [0, 0.05) is 11.1 Å². The van der Waals surface area contributed by atoms with Gasteiger partial charge in [-0.15, -0.1) is 0 Å². The molecule has 0 N–H and O–H groups in total. The fourth-order valence-electron chi connectivity index (χ4n) is 2.48. The Balaban J connectivity index is 1.67. The first-order valence-corrected chi connectivity index (χ1v) is 9.36. The predicted molar refractivity (Wildman–Crippen MR) is 106 cm³/mol. The van der Waals surface area contributed by atoms with Gasteiger partial charge in [0.15, 0.2) is 13.1 Å². The van der Waals surface area contributed by atoms with Crippen LogP contribution in [0, 0.1) is 0 Å². The second-order valence-corrected chi connectivity index (χ2v) is 7.49. The smallest absolute Gasteiger partial charge is 0.244 e. The van der Waals surface area contributed by atoms with E-state index in [9.17, 15) is 9.59 Å². The maximum Gasteiger partial charge on any atom is 0.244 e. The summed E-state index contributed by atoms with van der Waals surface area (Å²) >= 11 is 23.6. The molecule has 0 amide bonds. The number of benzene rings is 2. The number of Topliss-reactive ketones (excluding diaryl/α,β-unsaturated/α-hetero) is 2. The summed E-state index contributed by atoms with van der Waals surface area (Å²) in [6.07, 6.45) is 5.12. The lowest BCUT2D eigenvalue weighted by molar-refractivity contribution is -0.682. The number of nitrogens with zero attached hydrogens (tertiary/aromatic N) is 2. The van der Waals surface area contributed by atoms with Gasteiger partial charge in [-0.3, -0.25) is 9.59 Å². The van der Waals surface area contributed by atoms with Crippen LogP contribution >= 0.6 is 46.4 Å². The number of hydrogen-bond acceptors (Lipinski definition) is 2. The molecule has 0 atom stereocenters. The zero-order valence-electron chi connectivity index (χ0n) is 13.8. The third-order valence-corrected chi connectivity index (χ3v) is 5.36. The topological polar surface area (TPSA) is 43.0 Å². The van der Waals surface area contributed by atoms with Crippen molar-refractivity contribution in [2.75, 3.05) is 0 Å². The Bertz CT molecular complexity index is 950. The van der Waals surface area contributed by atoms with Crippen molar-refractivity contribution in [3.63, 3.8) is 0 Å². The molecule has 0 aliphatic heterocycles. The molecule has 0 saturated carbocycles. The number of aromatic nitrogens is 2. The number of imidazole rings is 1. The second-order valence-electron chi connectivity index (χ2n) is 5.86. The van der Waals surface area contributed by atoms with Crippen LogP contribution in [0.2, 0.25) is 20.1 Å². The molecule has 4 nitrogen and oxygen atoms in total. The van der Waals surface area contributed by atoms with Crippen molar-refractivity contribution in [1.29, 1.82) is 0 Å². The number of rotatable bonds is 6. The molecule has 0 spiro atoms. The highest BCUT2D eigenvalue weighted by Gasteiger charge is 2.16. The van der Waals surface area contributed by atoms with Crippen LogP contribution in [0.5, 0.6) is 0 Å². The van der Waals surface area contributed by atoms with Crippen molar-refractivity contribution in [1.82, 2.24) is 4.57 Å². The Kier molecular flexibility index (Phi) is 6.22. The molecule has 0 unspecified atom stereocenters. The van der Waals surface area contributed by atoms with Gasteiger partial charge in [-0.1, -0.05) is 46.4 Å². The van der Waals surface area contributed by atoms with Gasteiger partial charge >= 0.3 is 0 Å². The molecule has 1 heterocycles. The van der Waals surface area contributed by atoms with Crippen LogP contribution in [0.15, 0.2) is 55.1 Å². The quantitative estimate of drug-likeness (QED) is 0.391. The average Bonchev–Trinajstić information content (AvgIpc) is 3.06. The molecular weight excluding hydrogens is 430 g/mol. The van der Waals surface area contributed by atoms with Crippen LogP contribution in [-0.2, 0) is 13.1 Å². The lowest BCUT2D eigenvalue weighted by Crippen LogP contribution is -2.36. The highest BCUT2D eigenvalue weighted by atomic mass is 35.5. The molecule has 1 aromatic heterocycles. The molecule has 27 heavy (non-hydrogen) atoms. The molecule has 3 aromatic rings. The fourth-order valence-corrected chi connectivity index (χ4v) is 3.08. The third-order valence-electron chi connectivity index (χ3n) is 3.88. The minimum absolute atomic E-state index is 0.117. The molecule has 0 bridgehead atoms. The van der Waals surface area contributed by atoms with Crippen LogP contribution in [0.1, 0.15) is 20.7 Å². The van der Waals surface area contributed by atoms with Crippen molar-refractivity contribution < 1.29 is 14.2 Å². The van der Waals surface area contributed by atoms with E-state index >= 15 is 0 Å². The molecule has 138 valence electrons. The number of carbonyl (C=O) groups is 2. The first-order valence-electron chi connectivity index (χ1n) is 7.85. The molecule has 0 aliphatic carbocycles. The van der Waals surface area contributed by atoms with E-state index in [1.807, 2.05) is 0 Å². The van der Waals surface area contributed by atoms with E-state index < -0.39 is 0 Å². The number of halogens is 4. The van der Waals surface area contributed by atoms with Gasteiger partial charge < -0.3 is 0 Å². The van der Waals surface area contributed by atoms with E-state index in [1.165, 1.54) is 12.1 Å². The summed E-state index contributed by atoms with van der Waals surface area (Å²) in [6, 6.07) is 9.50. The Labute approximate surface area is 175 Å². The van der Waals surface area contributed by atoms with Gasteiger partial charge in [0.25, 0.3) is 0 Å². The summed E-state index contributed by atoms with van der Waals surface area (Å²) in [5.74, 6) is -0.237. The standard InChI is InChI=1S/C19H13Cl4N2O2/c20-14-3-1-12(7-16(14)22)18(26)9-24-5-6-25(11-24)10-19(27)13-2-4-15(21)17(23)8-13/h1-8,11H,9-10H2/q+1. The van der Waals surface area contributed by atoms with E-state index in [0.29, 0.717) is 31.2 Å². The highest BCUT2D eigenvalue weighted by Crippen LogP contribution is 2.23. The summed E-state index contributed by atoms with van der Waals surface area (Å²) in [4.78, 5) is 24.7. The summed E-state index contributed by atoms with van der Waals surface area (Å²) in [5, 5.41) is 1.45. The zero-order chi connectivity index (χ0) is 19.6. The lowest BCUT2D eigenvalue weighted by atomic mass is 10.1. The van der Waals surface area contributed by atoms with Gasteiger partial charge in [0.05, 0.1) is 20.1 Å². The van der Waals surface area contributed by atoms with Gasteiger partial charge in [-0.05, 0) is 36.4 Å². The van der Waals surface area contributed by atoms with Crippen LogP contribution in [0.25, 0.3) is 0 Å².